The predicted molar refractivity (Wildman–Crippen MR) is 180 cm³/mol. The van der Waals surface area contributed by atoms with E-state index in [4.69, 9.17) is 10.5 Å². The summed E-state index contributed by atoms with van der Waals surface area (Å²) in [6.45, 7) is 4.54. The number of benzene rings is 2. The van der Waals surface area contributed by atoms with Gasteiger partial charge in [-0.25, -0.2) is 4.98 Å². The van der Waals surface area contributed by atoms with Crippen LogP contribution < -0.4 is 10.5 Å². The summed E-state index contributed by atoms with van der Waals surface area (Å²) >= 11 is 0. The number of aromatic hydroxyl groups is 1. The Labute approximate surface area is 263 Å². The van der Waals surface area contributed by atoms with Crippen molar-refractivity contribution in [3.8, 4) is 11.5 Å². The van der Waals surface area contributed by atoms with E-state index in [1.54, 1.807) is 24.4 Å². The fourth-order valence-corrected chi connectivity index (χ4v) is 5.45. The van der Waals surface area contributed by atoms with Crippen molar-refractivity contribution in [2.24, 2.45) is 5.92 Å². The molecule has 0 aliphatic heterocycles. The molecule has 1 aromatic heterocycles. The van der Waals surface area contributed by atoms with Crippen molar-refractivity contribution in [1.29, 1.82) is 0 Å². The number of ether oxygens (including phenoxy) is 1. The topological polar surface area (TPSA) is 103 Å². The van der Waals surface area contributed by atoms with Gasteiger partial charge in [-0.3, -0.25) is 9.59 Å². The highest BCUT2D eigenvalue weighted by molar-refractivity contribution is 6.06. The summed E-state index contributed by atoms with van der Waals surface area (Å²) < 4.78 is 5.34. The summed E-state index contributed by atoms with van der Waals surface area (Å²) in [5.74, 6) is 1.33. The summed E-state index contributed by atoms with van der Waals surface area (Å²) in [4.78, 5) is 29.5. The van der Waals surface area contributed by atoms with Crippen LogP contribution in [0.25, 0.3) is 6.08 Å². The molecule has 0 unspecified atom stereocenters. The van der Waals surface area contributed by atoms with E-state index in [1.807, 2.05) is 24.3 Å². The van der Waals surface area contributed by atoms with Gasteiger partial charge in [-0.1, -0.05) is 95.2 Å². The van der Waals surface area contributed by atoms with Crippen LogP contribution in [-0.4, -0.2) is 28.8 Å². The average Bonchev–Trinajstić information content (AvgIpc) is 3.00. The van der Waals surface area contributed by atoms with Gasteiger partial charge in [-0.15, -0.1) is 0 Å². The first-order valence-corrected chi connectivity index (χ1v) is 16.1. The van der Waals surface area contributed by atoms with Gasteiger partial charge >= 0.3 is 0 Å². The minimum atomic E-state index is -0.226. The number of hydrogen-bond acceptors (Lipinski definition) is 6. The molecule has 2 aromatic carbocycles. The zero-order valence-electron chi connectivity index (χ0n) is 26.8. The number of carbonyl (C=O) groups is 2. The maximum absolute atomic E-state index is 12.7. The lowest BCUT2D eigenvalue weighted by Gasteiger charge is -2.14. The third kappa shape index (κ3) is 12.4. The number of nitrogens with zero attached hydrogens (tertiary/aromatic N) is 1. The molecule has 0 radical (unpaired) electrons. The fourth-order valence-electron chi connectivity index (χ4n) is 5.45. The Morgan fingerprint density at radius 3 is 2.32 bits per heavy atom. The third-order valence-corrected chi connectivity index (χ3v) is 8.01. The first-order chi connectivity index (χ1) is 21.2. The normalized spacial score (nSPS) is 11.4. The summed E-state index contributed by atoms with van der Waals surface area (Å²) in [5.41, 5.74) is 10.9. The third-order valence-electron chi connectivity index (χ3n) is 8.01. The van der Waals surface area contributed by atoms with Gasteiger partial charge < -0.3 is 15.6 Å². The minimum Gasteiger partial charge on any atom is -0.504 e. The van der Waals surface area contributed by atoms with E-state index in [0.29, 0.717) is 24.4 Å². The quantitative estimate of drug-likeness (QED) is 0.0768. The summed E-state index contributed by atoms with van der Waals surface area (Å²) in [6, 6.07) is 15.6. The van der Waals surface area contributed by atoms with E-state index >= 15 is 0 Å². The van der Waals surface area contributed by atoms with Crippen molar-refractivity contribution in [3.05, 3.63) is 88.6 Å². The standard InChI is InChI=1S/C38H50N2O4/c1-28(2)14-10-7-5-4-6-8-13-17-34(41)26-35(42)21-20-30-24-37(44-3)36(43)23-32(30)22-33-27-40-38(39)25-31(33)19-18-29-15-11-9-12-16-29/h9,11-12,15-16,20-21,23-25,27-28,43H,4-8,10,13-14,17-19,22,26H2,1-3H3,(H2,39,40). The van der Waals surface area contributed by atoms with E-state index in [9.17, 15) is 14.7 Å². The van der Waals surface area contributed by atoms with Crippen LogP contribution in [0, 0.1) is 5.92 Å². The zero-order valence-corrected chi connectivity index (χ0v) is 26.8. The van der Waals surface area contributed by atoms with Crippen molar-refractivity contribution in [2.45, 2.75) is 97.3 Å². The molecule has 0 aliphatic rings. The molecule has 3 rings (SSSR count). The van der Waals surface area contributed by atoms with E-state index in [0.717, 1.165) is 60.3 Å². The van der Waals surface area contributed by atoms with Crippen LogP contribution in [0.1, 0.15) is 106 Å². The first-order valence-electron chi connectivity index (χ1n) is 16.1. The molecule has 0 bridgehead atoms. The Kier molecular flexibility index (Phi) is 14.7. The van der Waals surface area contributed by atoms with Crippen molar-refractivity contribution in [1.82, 2.24) is 4.98 Å². The molecule has 0 fully saturated rings. The number of allylic oxidation sites excluding steroid dienone is 1. The maximum atomic E-state index is 12.7. The minimum absolute atomic E-state index is 0.0175. The Morgan fingerprint density at radius 1 is 0.909 bits per heavy atom. The number of hydrogen-bond donors (Lipinski definition) is 2. The molecular weight excluding hydrogens is 548 g/mol. The number of carbonyl (C=O) groups excluding carboxylic acids is 2. The predicted octanol–water partition coefficient (Wildman–Crippen LogP) is 8.46. The number of unbranched alkanes of at least 4 members (excludes halogenated alkanes) is 6. The molecule has 236 valence electrons. The van der Waals surface area contributed by atoms with Crippen LogP contribution in [0.15, 0.2) is 60.8 Å². The molecule has 0 amide bonds. The molecule has 3 N–H and O–H groups in total. The van der Waals surface area contributed by atoms with Gasteiger partial charge in [0.1, 0.15) is 11.6 Å². The smallest absolute Gasteiger partial charge is 0.163 e. The van der Waals surface area contributed by atoms with E-state index in [-0.39, 0.29) is 23.7 Å². The number of methoxy groups -OCH3 is 1. The van der Waals surface area contributed by atoms with Gasteiger partial charge in [0, 0.05) is 12.6 Å². The molecule has 0 spiro atoms. The number of phenols is 1. The zero-order chi connectivity index (χ0) is 31.7. The molecule has 1 heterocycles. The molecule has 0 atom stereocenters. The number of ketones is 2. The first kappa shape index (κ1) is 34.6. The van der Waals surface area contributed by atoms with Crippen LogP contribution >= 0.6 is 0 Å². The lowest BCUT2D eigenvalue weighted by Crippen LogP contribution is -2.05. The largest absolute Gasteiger partial charge is 0.504 e. The van der Waals surface area contributed by atoms with Crippen molar-refractivity contribution >= 4 is 23.5 Å². The molecule has 0 saturated heterocycles. The number of aromatic nitrogens is 1. The Morgan fingerprint density at radius 2 is 1.61 bits per heavy atom. The summed E-state index contributed by atoms with van der Waals surface area (Å²) in [6.07, 6.45) is 16.8. The SMILES string of the molecule is COc1cc(C=CC(=O)CC(=O)CCCCCCCCCC(C)C)c(Cc2cnc(N)cc2CCc2ccccc2)cc1O. The molecule has 6 nitrogen and oxygen atoms in total. The van der Waals surface area contributed by atoms with Crippen molar-refractivity contribution in [2.75, 3.05) is 12.8 Å². The molecule has 3 aromatic rings. The number of anilines is 1. The number of phenolic OH excluding ortho intramolecular Hbond substituents is 1. The molecular formula is C38H50N2O4. The highest BCUT2D eigenvalue weighted by atomic mass is 16.5. The van der Waals surface area contributed by atoms with Gasteiger partial charge in [-0.2, -0.15) is 0 Å². The monoisotopic (exact) mass is 598 g/mol. The number of Topliss-reactive ketones (excluding diaryl/α,β-unsaturated/α-hetero) is 1. The highest BCUT2D eigenvalue weighted by Gasteiger charge is 2.14. The Balaban J connectivity index is 1.58. The van der Waals surface area contributed by atoms with Gasteiger partial charge in [0.15, 0.2) is 17.3 Å². The Bertz CT molecular complexity index is 1360. The van der Waals surface area contributed by atoms with Crippen LogP contribution in [0.3, 0.4) is 0 Å². The number of rotatable bonds is 20. The number of nitrogen functional groups attached to an aromatic ring is 1. The average molecular weight is 599 g/mol. The lowest BCUT2D eigenvalue weighted by molar-refractivity contribution is -0.124. The Hall–Kier alpha value is -3.93. The van der Waals surface area contributed by atoms with Gasteiger partial charge in [0.05, 0.1) is 13.5 Å². The molecule has 0 aliphatic carbocycles. The lowest BCUT2D eigenvalue weighted by atomic mass is 9.94. The second-order valence-electron chi connectivity index (χ2n) is 12.2. The van der Waals surface area contributed by atoms with Crippen molar-refractivity contribution < 1.29 is 19.4 Å². The van der Waals surface area contributed by atoms with Crippen molar-refractivity contribution in [3.63, 3.8) is 0 Å². The van der Waals surface area contributed by atoms with E-state index < -0.39 is 0 Å². The molecule has 6 heteroatoms. The second kappa shape index (κ2) is 18.7. The van der Waals surface area contributed by atoms with Gasteiger partial charge in [-0.05, 0) is 83.7 Å². The number of aryl methyl sites for hydroxylation is 2. The number of nitrogens with two attached hydrogens (primary N) is 1. The molecule has 44 heavy (non-hydrogen) atoms. The fraction of sp³-hybridized carbons (Fsp3) is 0.447. The summed E-state index contributed by atoms with van der Waals surface area (Å²) in [5, 5.41) is 10.6. The van der Waals surface area contributed by atoms with Crippen LogP contribution in [0.5, 0.6) is 11.5 Å². The van der Waals surface area contributed by atoms with E-state index in [2.05, 4.69) is 31.0 Å². The maximum Gasteiger partial charge on any atom is 0.163 e. The second-order valence-corrected chi connectivity index (χ2v) is 12.2. The summed E-state index contributed by atoms with van der Waals surface area (Å²) in [7, 11) is 1.49. The molecule has 0 saturated carbocycles. The van der Waals surface area contributed by atoms with E-state index in [1.165, 1.54) is 50.9 Å². The number of pyridine rings is 1. The van der Waals surface area contributed by atoms with Crippen LogP contribution in [-0.2, 0) is 28.9 Å². The highest BCUT2D eigenvalue weighted by Crippen LogP contribution is 2.32. The van der Waals surface area contributed by atoms with Gasteiger partial charge in [0.25, 0.3) is 0 Å². The van der Waals surface area contributed by atoms with Crippen LogP contribution in [0.2, 0.25) is 0 Å². The van der Waals surface area contributed by atoms with Gasteiger partial charge in [0.2, 0.25) is 0 Å². The van der Waals surface area contributed by atoms with Crippen LogP contribution in [0.4, 0.5) is 5.82 Å².